The third-order valence-corrected chi connectivity index (χ3v) is 4.24. The van der Waals surface area contributed by atoms with Gasteiger partial charge in [-0.25, -0.2) is 0 Å². The van der Waals surface area contributed by atoms with Crippen molar-refractivity contribution in [2.24, 2.45) is 5.10 Å². The smallest absolute Gasteiger partial charge is 0.231 e. The van der Waals surface area contributed by atoms with E-state index in [1.807, 2.05) is 18.2 Å². The van der Waals surface area contributed by atoms with Crippen LogP contribution in [0, 0.1) is 0 Å². The molecule has 3 rings (SSSR count). The zero-order valence-electron chi connectivity index (χ0n) is 15.8. The molecule has 0 unspecified atom stereocenters. The van der Waals surface area contributed by atoms with Gasteiger partial charge >= 0.3 is 0 Å². The van der Waals surface area contributed by atoms with E-state index >= 15 is 0 Å². The van der Waals surface area contributed by atoms with Crippen molar-refractivity contribution in [3.05, 3.63) is 41.5 Å². The molecule has 9 heteroatoms. The van der Waals surface area contributed by atoms with Crippen molar-refractivity contribution in [1.29, 1.82) is 0 Å². The van der Waals surface area contributed by atoms with Gasteiger partial charge in [-0.15, -0.1) is 0 Å². The summed E-state index contributed by atoms with van der Waals surface area (Å²) in [5, 5.41) is 7.62. The van der Waals surface area contributed by atoms with Crippen LogP contribution < -0.4 is 34.4 Å². The molecule has 1 aliphatic heterocycles. The molecule has 0 amide bonds. The van der Waals surface area contributed by atoms with Gasteiger partial charge in [0.25, 0.3) is 0 Å². The maximum atomic E-state index is 5.38. The van der Waals surface area contributed by atoms with Crippen molar-refractivity contribution in [3.63, 3.8) is 0 Å². The van der Waals surface area contributed by atoms with Crippen molar-refractivity contribution >= 4 is 23.5 Å². The van der Waals surface area contributed by atoms with Crippen molar-refractivity contribution in [2.45, 2.75) is 6.54 Å². The number of hydrazone groups is 1. The third kappa shape index (κ3) is 4.55. The van der Waals surface area contributed by atoms with E-state index in [2.05, 4.69) is 15.8 Å². The Balaban J connectivity index is 1.59. The molecule has 1 aliphatic rings. The first-order valence-corrected chi connectivity index (χ1v) is 8.81. The fourth-order valence-corrected chi connectivity index (χ4v) is 2.71. The largest absolute Gasteiger partial charge is 0.496 e. The van der Waals surface area contributed by atoms with Crippen molar-refractivity contribution in [1.82, 2.24) is 10.7 Å². The summed E-state index contributed by atoms with van der Waals surface area (Å²) in [7, 11) is 4.71. The van der Waals surface area contributed by atoms with Gasteiger partial charge in [0.1, 0.15) is 17.2 Å². The van der Waals surface area contributed by atoms with Gasteiger partial charge in [0.15, 0.2) is 16.6 Å². The lowest BCUT2D eigenvalue weighted by Gasteiger charge is -2.12. The van der Waals surface area contributed by atoms with Gasteiger partial charge in [0.05, 0.1) is 33.1 Å². The van der Waals surface area contributed by atoms with Crippen LogP contribution in [-0.4, -0.2) is 39.4 Å². The molecule has 0 saturated heterocycles. The number of thiocarbonyl (C=S) groups is 1. The lowest BCUT2D eigenvalue weighted by atomic mass is 10.2. The van der Waals surface area contributed by atoms with Crippen molar-refractivity contribution in [3.8, 4) is 28.7 Å². The number of rotatable bonds is 7. The Morgan fingerprint density at radius 3 is 2.46 bits per heavy atom. The highest BCUT2D eigenvalue weighted by Crippen LogP contribution is 2.33. The lowest BCUT2D eigenvalue weighted by Crippen LogP contribution is -2.31. The van der Waals surface area contributed by atoms with Crippen LogP contribution >= 0.6 is 12.2 Å². The van der Waals surface area contributed by atoms with Crippen molar-refractivity contribution < 1.29 is 23.7 Å². The first-order valence-electron chi connectivity index (χ1n) is 8.40. The number of ether oxygens (including phenoxy) is 5. The molecule has 2 aromatic carbocycles. The number of hydrogen-bond acceptors (Lipinski definition) is 7. The molecule has 0 saturated carbocycles. The van der Waals surface area contributed by atoms with Crippen molar-refractivity contribution in [2.75, 3.05) is 28.1 Å². The van der Waals surface area contributed by atoms with E-state index in [9.17, 15) is 0 Å². The normalized spacial score (nSPS) is 12.0. The molecule has 28 heavy (non-hydrogen) atoms. The standard InChI is InChI=1S/C19H21N3O5S/c1-23-13-7-16(24-2)14(17(8-13)25-3)10-21-22-19(28)20-9-12-4-5-15-18(6-12)27-11-26-15/h4-8,10H,9,11H2,1-3H3,(H2,20,22,28)/b21-10-. The van der Waals surface area contributed by atoms with E-state index in [1.165, 1.54) is 0 Å². The Hall–Kier alpha value is -3.20. The monoisotopic (exact) mass is 403 g/mol. The third-order valence-electron chi connectivity index (χ3n) is 4.00. The first-order chi connectivity index (χ1) is 13.6. The minimum absolute atomic E-state index is 0.249. The molecular weight excluding hydrogens is 382 g/mol. The van der Waals surface area contributed by atoms with Crippen LogP contribution in [-0.2, 0) is 6.54 Å². The second-order valence-corrected chi connectivity index (χ2v) is 6.09. The van der Waals surface area contributed by atoms with E-state index in [-0.39, 0.29) is 6.79 Å². The molecule has 0 atom stereocenters. The average Bonchev–Trinajstić information content (AvgIpc) is 3.19. The van der Waals surface area contributed by atoms with E-state index in [4.69, 9.17) is 35.9 Å². The molecule has 0 spiro atoms. The predicted octanol–water partition coefficient (Wildman–Crippen LogP) is 2.44. The van der Waals surface area contributed by atoms with Crippen LogP contribution in [0.2, 0.25) is 0 Å². The Morgan fingerprint density at radius 1 is 1.07 bits per heavy atom. The molecule has 0 fully saturated rings. The van der Waals surface area contributed by atoms with Gasteiger partial charge in [-0.3, -0.25) is 5.43 Å². The van der Waals surface area contributed by atoms with E-state index < -0.39 is 0 Å². The SMILES string of the molecule is COc1cc(OC)c(/C=N\NC(=S)NCc2ccc3c(c2)OCO3)c(OC)c1. The molecule has 0 bridgehead atoms. The van der Waals surface area contributed by atoms with Gasteiger partial charge < -0.3 is 29.0 Å². The highest BCUT2D eigenvalue weighted by Gasteiger charge is 2.13. The van der Waals surface area contributed by atoms with E-state index in [0.29, 0.717) is 34.5 Å². The molecule has 8 nitrogen and oxygen atoms in total. The fraction of sp³-hybridized carbons (Fsp3) is 0.263. The Labute approximate surface area is 168 Å². The van der Waals surface area contributed by atoms with Crippen LogP contribution in [0.25, 0.3) is 0 Å². The lowest BCUT2D eigenvalue weighted by molar-refractivity contribution is 0.174. The summed E-state index contributed by atoms with van der Waals surface area (Å²) in [6.07, 6.45) is 1.58. The van der Waals surface area contributed by atoms with Crippen LogP contribution in [0.5, 0.6) is 28.7 Å². The summed E-state index contributed by atoms with van der Waals surface area (Å²) >= 11 is 5.26. The minimum Gasteiger partial charge on any atom is -0.496 e. The molecule has 0 radical (unpaired) electrons. The molecule has 2 aromatic rings. The number of nitrogens with one attached hydrogen (secondary N) is 2. The Bertz CT molecular complexity index is 863. The summed E-state index contributed by atoms with van der Waals surface area (Å²) in [6.45, 7) is 0.770. The number of hydrogen-bond donors (Lipinski definition) is 2. The van der Waals surface area contributed by atoms with Gasteiger partial charge in [-0.1, -0.05) is 6.07 Å². The highest BCUT2D eigenvalue weighted by atomic mass is 32.1. The quantitative estimate of drug-likeness (QED) is 0.414. The number of methoxy groups -OCH3 is 3. The van der Waals surface area contributed by atoms with Gasteiger partial charge in [-0.2, -0.15) is 5.10 Å². The highest BCUT2D eigenvalue weighted by molar-refractivity contribution is 7.80. The Morgan fingerprint density at radius 2 is 1.79 bits per heavy atom. The fourth-order valence-electron chi connectivity index (χ4n) is 2.59. The number of benzene rings is 2. The molecule has 1 heterocycles. The summed E-state index contributed by atoms with van der Waals surface area (Å²) in [5.41, 5.74) is 4.45. The molecule has 2 N–H and O–H groups in total. The van der Waals surface area contributed by atoms with E-state index in [1.54, 1.807) is 39.7 Å². The van der Waals surface area contributed by atoms with Gasteiger partial charge in [0, 0.05) is 18.7 Å². The number of fused-ring (bicyclic) bond motifs is 1. The summed E-state index contributed by atoms with van der Waals surface area (Å²) < 4.78 is 26.7. The minimum atomic E-state index is 0.249. The van der Waals surface area contributed by atoms with Crippen LogP contribution in [0.4, 0.5) is 0 Å². The summed E-state index contributed by atoms with van der Waals surface area (Å²) in [5.74, 6) is 3.24. The maximum absolute atomic E-state index is 5.38. The second kappa shape index (κ2) is 9.14. The van der Waals surface area contributed by atoms with E-state index in [0.717, 1.165) is 17.1 Å². The topological polar surface area (TPSA) is 82.6 Å². The first kappa shape index (κ1) is 19.6. The van der Waals surface area contributed by atoms with Crippen LogP contribution in [0.3, 0.4) is 0 Å². The summed E-state index contributed by atoms with van der Waals surface area (Å²) in [4.78, 5) is 0. The van der Waals surface area contributed by atoms with Gasteiger partial charge in [-0.05, 0) is 29.9 Å². The van der Waals surface area contributed by atoms with Crippen LogP contribution in [0.15, 0.2) is 35.4 Å². The van der Waals surface area contributed by atoms with Crippen LogP contribution in [0.1, 0.15) is 11.1 Å². The zero-order valence-corrected chi connectivity index (χ0v) is 16.6. The molecule has 0 aliphatic carbocycles. The molecule has 148 valence electrons. The maximum Gasteiger partial charge on any atom is 0.231 e. The molecule has 0 aromatic heterocycles. The predicted molar refractivity (Wildman–Crippen MR) is 109 cm³/mol. The second-order valence-electron chi connectivity index (χ2n) is 5.69. The number of nitrogens with zero attached hydrogens (tertiary/aromatic N) is 1. The zero-order chi connectivity index (χ0) is 19.9. The summed E-state index contributed by atoms with van der Waals surface area (Å²) in [6, 6.07) is 9.23. The molecular formula is C19H21N3O5S. The van der Waals surface area contributed by atoms with Gasteiger partial charge in [0.2, 0.25) is 6.79 Å². The average molecular weight is 403 g/mol. The Kier molecular flexibility index (Phi) is 6.38.